The number of hydrogen-bond acceptors (Lipinski definition) is 5. The summed E-state index contributed by atoms with van der Waals surface area (Å²) in [4.78, 5) is 41.1. The van der Waals surface area contributed by atoms with Crippen molar-refractivity contribution in [2.75, 3.05) is 19.9 Å². The summed E-state index contributed by atoms with van der Waals surface area (Å²) in [6, 6.07) is 11.9. The highest BCUT2D eigenvalue weighted by Gasteiger charge is 2.35. The number of carbonyl (C=O) groups excluding carboxylic acids is 3. The number of fused-ring (bicyclic) bond motifs is 1. The summed E-state index contributed by atoms with van der Waals surface area (Å²) in [6.45, 7) is 7.00. The van der Waals surface area contributed by atoms with E-state index in [4.69, 9.17) is 9.47 Å². The number of hydrogen-bond donors (Lipinski definition) is 2. The summed E-state index contributed by atoms with van der Waals surface area (Å²) in [5.74, 6) is 0.624. The number of amides is 3. The fourth-order valence-electron chi connectivity index (χ4n) is 4.53. The molecule has 2 aromatic carbocycles. The molecular weight excluding hydrogens is 446 g/mol. The number of benzene rings is 2. The van der Waals surface area contributed by atoms with Crippen LogP contribution in [0.1, 0.15) is 59.4 Å². The molecule has 186 valence electrons. The predicted molar refractivity (Wildman–Crippen MR) is 132 cm³/mol. The average Bonchev–Trinajstić information content (AvgIpc) is 3.35. The maximum Gasteiger partial charge on any atom is 0.253 e. The molecule has 0 spiro atoms. The van der Waals surface area contributed by atoms with Crippen LogP contribution in [-0.2, 0) is 4.79 Å². The van der Waals surface area contributed by atoms with Gasteiger partial charge in [0.15, 0.2) is 11.5 Å². The summed E-state index contributed by atoms with van der Waals surface area (Å²) >= 11 is 0. The molecule has 4 rings (SSSR count). The molecule has 1 fully saturated rings. The van der Waals surface area contributed by atoms with Crippen LogP contribution in [-0.4, -0.2) is 54.6 Å². The van der Waals surface area contributed by atoms with Crippen LogP contribution in [0.25, 0.3) is 0 Å². The third-order valence-electron chi connectivity index (χ3n) is 6.88. The number of nitrogens with one attached hydrogen (secondary N) is 2. The highest BCUT2D eigenvalue weighted by molar-refractivity contribution is 5.99. The van der Waals surface area contributed by atoms with Gasteiger partial charge in [0.1, 0.15) is 6.04 Å². The Morgan fingerprint density at radius 3 is 2.46 bits per heavy atom. The molecule has 3 amide bonds. The molecule has 2 aliphatic heterocycles. The third-order valence-corrected chi connectivity index (χ3v) is 6.88. The Labute approximate surface area is 206 Å². The number of rotatable bonds is 7. The van der Waals surface area contributed by atoms with Gasteiger partial charge in [0.25, 0.3) is 11.8 Å². The van der Waals surface area contributed by atoms with Crippen molar-refractivity contribution in [3.63, 3.8) is 0 Å². The largest absolute Gasteiger partial charge is 0.454 e. The van der Waals surface area contributed by atoms with Crippen LogP contribution in [0.3, 0.4) is 0 Å². The summed E-state index contributed by atoms with van der Waals surface area (Å²) in [6.07, 6.45) is 2.03. The number of nitrogens with zero attached hydrogens (tertiary/aromatic N) is 1. The van der Waals surface area contributed by atoms with E-state index in [-0.39, 0.29) is 36.5 Å². The van der Waals surface area contributed by atoms with E-state index < -0.39 is 6.04 Å². The maximum absolute atomic E-state index is 13.2. The molecule has 8 nitrogen and oxygen atoms in total. The summed E-state index contributed by atoms with van der Waals surface area (Å²) in [5, 5.41) is 6.01. The van der Waals surface area contributed by atoms with Gasteiger partial charge in [0.2, 0.25) is 12.7 Å². The minimum absolute atomic E-state index is 0.00744. The van der Waals surface area contributed by atoms with Gasteiger partial charge in [-0.25, -0.2) is 0 Å². The van der Waals surface area contributed by atoms with Crippen LogP contribution in [0.4, 0.5) is 0 Å². The molecule has 1 saturated heterocycles. The van der Waals surface area contributed by atoms with Gasteiger partial charge in [-0.15, -0.1) is 0 Å². The highest BCUT2D eigenvalue weighted by Crippen LogP contribution is 2.33. The summed E-state index contributed by atoms with van der Waals surface area (Å²) in [7, 11) is 0. The van der Waals surface area contributed by atoms with Gasteiger partial charge in [-0.05, 0) is 68.9 Å². The Morgan fingerprint density at radius 1 is 1.03 bits per heavy atom. The molecule has 2 aliphatic rings. The predicted octanol–water partition coefficient (Wildman–Crippen LogP) is 3.29. The van der Waals surface area contributed by atoms with Crippen molar-refractivity contribution in [3.05, 3.63) is 59.2 Å². The molecule has 2 aromatic rings. The van der Waals surface area contributed by atoms with Gasteiger partial charge in [0, 0.05) is 30.3 Å². The SMILES string of the molecule is CC[C@H](C)NC(=O)[C@H](NC(=O)c1ccccc1C)C1CCN(C(=O)c2ccc3c(c2)OCO3)CC1. The Bertz CT molecular complexity index is 1090. The number of aryl methyl sites for hydroxylation is 1. The monoisotopic (exact) mass is 479 g/mol. The van der Waals surface area contributed by atoms with Gasteiger partial charge in [-0.3, -0.25) is 14.4 Å². The minimum atomic E-state index is -0.668. The zero-order chi connectivity index (χ0) is 24.9. The quantitative estimate of drug-likeness (QED) is 0.635. The van der Waals surface area contributed by atoms with Crippen LogP contribution in [0.2, 0.25) is 0 Å². The lowest BCUT2D eigenvalue weighted by Crippen LogP contribution is -2.55. The Kier molecular flexibility index (Phi) is 7.58. The first kappa shape index (κ1) is 24.6. The van der Waals surface area contributed by atoms with Crippen molar-refractivity contribution in [2.45, 2.75) is 52.1 Å². The molecule has 2 N–H and O–H groups in total. The van der Waals surface area contributed by atoms with Gasteiger partial charge in [-0.1, -0.05) is 25.1 Å². The highest BCUT2D eigenvalue weighted by atomic mass is 16.7. The molecule has 0 unspecified atom stereocenters. The van der Waals surface area contributed by atoms with E-state index >= 15 is 0 Å². The number of carbonyl (C=O) groups is 3. The molecule has 0 saturated carbocycles. The fraction of sp³-hybridized carbons (Fsp3) is 0.444. The second-order valence-electron chi connectivity index (χ2n) is 9.28. The Morgan fingerprint density at radius 2 is 1.74 bits per heavy atom. The zero-order valence-corrected chi connectivity index (χ0v) is 20.5. The third kappa shape index (κ3) is 5.58. The van der Waals surface area contributed by atoms with Crippen molar-refractivity contribution in [1.29, 1.82) is 0 Å². The topological polar surface area (TPSA) is 97.0 Å². The van der Waals surface area contributed by atoms with Gasteiger partial charge < -0.3 is 25.0 Å². The van der Waals surface area contributed by atoms with E-state index in [2.05, 4.69) is 10.6 Å². The van der Waals surface area contributed by atoms with Crippen LogP contribution >= 0.6 is 0 Å². The number of ether oxygens (including phenoxy) is 2. The van der Waals surface area contributed by atoms with Crippen molar-refractivity contribution in [3.8, 4) is 11.5 Å². The van der Waals surface area contributed by atoms with Crippen LogP contribution < -0.4 is 20.1 Å². The average molecular weight is 480 g/mol. The molecule has 0 aliphatic carbocycles. The van der Waals surface area contributed by atoms with E-state index in [0.29, 0.717) is 48.6 Å². The molecule has 8 heteroatoms. The van der Waals surface area contributed by atoms with Gasteiger partial charge >= 0.3 is 0 Å². The first-order valence-electron chi connectivity index (χ1n) is 12.2. The number of likely N-dealkylation sites (tertiary alicyclic amines) is 1. The molecule has 0 radical (unpaired) electrons. The lowest BCUT2D eigenvalue weighted by molar-refractivity contribution is -0.125. The lowest BCUT2D eigenvalue weighted by Gasteiger charge is -2.36. The number of piperidine rings is 1. The van der Waals surface area contributed by atoms with E-state index in [9.17, 15) is 14.4 Å². The zero-order valence-electron chi connectivity index (χ0n) is 20.5. The second-order valence-corrected chi connectivity index (χ2v) is 9.28. The van der Waals surface area contributed by atoms with Crippen molar-refractivity contribution >= 4 is 17.7 Å². The minimum Gasteiger partial charge on any atom is -0.454 e. The normalized spacial score (nSPS) is 16.9. The fourth-order valence-corrected chi connectivity index (χ4v) is 4.53. The smallest absolute Gasteiger partial charge is 0.253 e. The van der Waals surface area contributed by atoms with Gasteiger partial charge in [0.05, 0.1) is 0 Å². The van der Waals surface area contributed by atoms with E-state index in [1.54, 1.807) is 29.2 Å². The molecular formula is C27H33N3O5. The molecule has 0 aromatic heterocycles. The van der Waals surface area contributed by atoms with Crippen LogP contribution in [0.5, 0.6) is 11.5 Å². The second kappa shape index (κ2) is 10.8. The van der Waals surface area contributed by atoms with Crippen LogP contribution in [0.15, 0.2) is 42.5 Å². The van der Waals surface area contributed by atoms with Crippen molar-refractivity contribution < 1.29 is 23.9 Å². The molecule has 2 heterocycles. The maximum atomic E-state index is 13.2. The van der Waals surface area contributed by atoms with E-state index in [1.165, 1.54) is 0 Å². The first-order chi connectivity index (χ1) is 16.9. The summed E-state index contributed by atoms with van der Waals surface area (Å²) in [5.41, 5.74) is 1.96. The Balaban J connectivity index is 1.44. The summed E-state index contributed by atoms with van der Waals surface area (Å²) < 4.78 is 10.7. The molecule has 35 heavy (non-hydrogen) atoms. The van der Waals surface area contributed by atoms with E-state index in [1.807, 2.05) is 39.0 Å². The van der Waals surface area contributed by atoms with E-state index in [0.717, 1.165) is 12.0 Å². The van der Waals surface area contributed by atoms with Crippen LogP contribution in [0, 0.1) is 12.8 Å². The first-order valence-corrected chi connectivity index (χ1v) is 12.2. The molecule has 0 bridgehead atoms. The van der Waals surface area contributed by atoms with Gasteiger partial charge in [-0.2, -0.15) is 0 Å². The standard InChI is InChI=1S/C27H33N3O5/c1-4-18(3)28-26(32)24(29-25(31)21-8-6-5-7-17(21)2)19-11-13-30(14-12-19)27(33)20-9-10-22-23(15-20)35-16-34-22/h5-10,15,18-19,24H,4,11-14,16H2,1-3H3,(H,28,32)(H,29,31)/t18-,24+/m0/s1. The molecule has 2 atom stereocenters. The Hall–Kier alpha value is -3.55. The van der Waals surface area contributed by atoms with Crippen molar-refractivity contribution in [2.24, 2.45) is 5.92 Å². The van der Waals surface area contributed by atoms with Crippen molar-refractivity contribution in [1.82, 2.24) is 15.5 Å². The lowest BCUT2D eigenvalue weighted by atomic mass is 9.88.